The molecule has 0 atom stereocenters. The molecule has 0 spiro atoms. The molecule has 4 heteroatoms. The lowest BCUT2D eigenvalue weighted by molar-refractivity contribution is 0.146. The van der Waals surface area contributed by atoms with Crippen molar-refractivity contribution in [3.8, 4) is 5.75 Å². The van der Waals surface area contributed by atoms with Gasteiger partial charge in [0.2, 0.25) is 0 Å². The molecule has 1 aromatic carbocycles. The molecule has 0 aliphatic carbocycles. The van der Waals surface area contributed by atoms with Crippen LogP contribution in [0.1, 0.15) is 13.3 Å². The molecule has 0 radical (unpaired) electrons. The van der Waals surface area contributed by atoms with E-state index in [4.69, 9.17) is 15.2 Å². The number of anilines is 1. The van der Waals surface area contributed by atoms with Crippen LogP contribution in [0.4, 0.5) is 5.69 Å². The smallest absolute Gasteiger partial charge is 0.142 e. The van der Waals surface area contributed by atoms with E-state index < -0.39 is 0 Å². The number of likely N-dealkylation sites (N-methyl/N-ethyl adjacent to an activating group) is 1. The molecule has 0 unspecified atom stereocenters. The van der Waals surface area contributed by atoms with Crippen molar-refractivity contribution in [1.82, 2.24) is 4.90 Å². The number of benzene rings is 1. The Bertz CT molecular complexity index is 331. The summed E-state index contributed by atoms with van der Waals surface area (Å²) < 4.78 is 10.7. The largest absolute Gasteiger partial charge is 0.491 e. The van der Waals surface area contributed by atoms with Crippen LogP contribution < -0.4 is 10.5 Å². The lowest BCUT2D eigenvalue weighted by atomic mass is 10.3. The number of nitrogen functional groups attached to an aromatic ring is 1. The van der Waals surface area contributed by atoms with Gasteiger partial charge in [0, 0.05) is 20.2 Å². The number of hydrogen-bond donors (Lipinski definition) is 1. The van der Waals surface area contributed by atoms with Gasteiger partial charge in [-0.15, -0.1) is 0 Å². The molecule has 0 saturated carbocycles. The fourth-order valence-electron chi connectivity index (χ4n) is 1.73. The Morgan fingerprint density at radius 1 is 1.17 bits per heavy atom. The van der Waals surface area contributed by atoms with Crippen molar-refractivity contribution in [2.75, 3.05) is 45.7 Å². The summed E-state index contributed by atoms with van der Waals surface area (Å²) in [7, 11) is 1.73. The zero-order chi connectivity index (χ0) is 13.2. The third kappa shape index (κ3) is 5.38. The lowest BCUT2D eigenvalue weighted by Crippen LogP contribution is -2.29. The van der Waals surface area contributed by atoms with Crippen LogP contribution in [-0.2, 0) is 4.74 Å². The van der Waals surface area contributed by atoms with E-state index in [9.17, 15) is 0 Å². The number of methoxy groups -OCH3 is 1. The molecule has 102 valence electrons. The maximum atomic E-state index is 5.80. The Kier molecular flexibility index (Phi) is 7.22. The van der Waals surface area contributed by atoms with Crippen molar-refractivity contribution in [3.63, 3.8) is 0 Å². The Morgan fingerprint density at radius 3 is 2.61 bits per heavy atom. The number of ether oxygens (including phenoxy) is 2. The van der Waals surface area contributed by atoms with E-state index in [2.05, 4.69) is 11.8 Å². The first-order valence-corrected chi connectivity index (χ1v) is 6.46. The van der Waals surface area contributed by atoms with Crippen LogP contribution in [0.15, 0.2) is 24.3 Å². The van der Waals surface area contributed by atoms with Gasteiger partial charge in [-0.05, 0) is 25.1 Å². The number of para-hydroxylation sites is 2. The third-order valence-electron chi connectivity index (χ3n) is 2.85. The Morgan fingerprint density at radius 2 is 1.94 bits per heavy atom. The maximum Gasteiger partial charge on any atom is 0.142 e. The molecule has 0 heterocycles. The molecule has 0 fully saturated rings. The Balaban J connectivity index is 2.19. The zero-order valence-corrected chi connectivity index (χ0v) is 11.4. The minimum atomic E-state index is 0.692. The average molecular weight is 252 g/mol. The SMILES string of the molecule is CCN(CCCOc1ccccc1N)CCOC. The fourth-order valence-corrected chi connectivity index (χ4v) is 1.73. The minimum absolute atomic E-state index is 0.692. The highest BCUT2D eigenvalue weighted by Crippen LogP contribution is 2.19. The van der Waals surface area contributed by atoms with E-state index in [1.54, 1.807) is 7.11 Å². The van der Waals surface area contributed by atoms with Gasteiger partial charge in [0.1, 0.15) is 5.75 Å². The summed E-state index contributed by atoms with van der Waals surface area (Å²) in [6, 6.07) is 7.60. The van der Waals surface area contributed by atoms with Gasteiger partial charge in [0.15, 0.2) is 0 Å². The second kappa shape index (κ2) is 8.78. The van der Waals surface area contributed by atoms with Gasteiger partial charge in [-0.3, -0.25) is 0 Å². The molecule has 1 aromatic rings. The molecule has 0 bridgehead atoms. The number of nitrogens with two attached hydrogens (primary N) is 1. The highest BCUT2D eigenvalue weighted by atomic mass is 16.5. The van der Waals surface area contributed by atoms with E-state index in [1.807, 2.05) is 24.3 Å². The summed E-state index contributed by atoms with van der Waals surface area (Å²) >= 11 is 0. The standard InChI is InChI=1S/C14H24N2O2/c1-3-16(10-12-17-2)9-6-11-18-14-8-5-4-7-13(14)15/h4-5,7-8H,3,6,9-12,15H2,1-2H3. The second-order valence-corrected chi connectivity index (χ2v) is 4.17. The summed E-state index contributed by atoms with van der Waals surface area (Å²) in [4.78, 5) is 2.35. The van der Waals surface area contributed by atoms with Crippen LogP contribution in [0.25, 0.3) is 0 Å². The van der Waals surface area contributed by atoms with Crippen LogP contribution in [0.2, 0.25) is 0 Å². The number of hydrogen-bond acceptors (Lipinski definition) is 4. The Hall–Kier alpha value is -1.26. The summed E-state index contributed by atoms with van der Waals surface area (Å²) in [6.07, 6.45) is 0.992. The van der Waals surface area contributed by atoms with E-state index in [0.717, 1.165) is 38.4 Å². The first-order chi connectivity index (χ1) is 8.77. The normalized spacial score (nSPS) is 10.8. The molecule has 18 heavy (non-hydrogen) atoms. The molecule has 0 amide bonds. The number of nitrogens with zero attached hydrogens (tertiary/aromatic N) is 1. The Labute approximate surface area is 110 Å². The van der Waals surface area contributed by atoms with Crippen LogP contribution >= 0.6 is 0 Å². The summed E-state index contributed by atoms with van der Waals surface area (Å²) in [5, 5.41) is 0. The third-order valence-corrected chi connectivity index (χ3v) is 2.85. The van der Waals surface area contributed by atoms with Gasteiger partial charge in [-0.1, -0.05) is 19.1 Å². The predicted molar refractivity (Wildman–Crippen MR) is 75.0 cm³/mol. The van der Waals surface area contributed by atoms with Crippen LogP contribution in [0.5, 0.6) is 5.75 Å². The number of rotatable bonds is 9. The molecule has 2 N–H and O–H groups in total. The van der Waals surface area contributed by atoms with E-state index in [1.165, 1.54) is 0 Å². The van der Waals surface area contributed by atoms with Crippen molar-refractivity contribution >= 4 is 5.69 Å². The molecule has 1 rings (SSSR count). The van der Waals surface area contributed by atoms with E-state index in [0.29, 0.717) is 12.3 Å². The summed E-state index contributed by atoms with van der Waals surface area (Å²) in [5.41, 5.74) is 6.50. The highest BCUT2D eigenvalue weighted by molar-refractivity contribution is 5.51. The van der Waals surface area contributed by atoms with Gasteiger partial charge < -0.3 is 20.1 Å². The van der Waals surface area contributed by atoms with Gasteiger partial charge >= 0.3 is 0 Å². The molecule has 0 saturated heterocycles. The van der Waals surface area contributed by atoms with Crippen molar-refractivity contribution in [3.05, 3.63) is 24.3 Å². The van der Waals surface area contributed by atoms with Crippen LogP contribution in [0, 0.1) is 0 Å². The lowest BCUT2D eigenvalue weighted by Gasteiger charge is -2.19. The average Bonchev–Trinajstić information content (AvgIpc) is 2.40. The van der Waals surface area contributed by atoms with Gasteiger partial charge in [0.05, 0.1) is 18.9 Å². The topological polar surface area (TPSA) is 47.7 Å². The molecular weight excluding hydrogens is 228 g/mol. The highest BCUT2D eigenvalue weighted by Gasteiger charge is 2.02. The molecule has 4 nitrogen and oxygen atoms in total. The van der Waals surface area contributed by atoms with Gasteiger partial charge in [-0.25, -0.2) is 0 Å². The second-order valence-electron chi connectivity index (χ2n) is 4.17. The minimum Gasteiger partial charge on any atom is -0.491 e. The molecule has 0 aliphatic rings. The van der Waals surface area contributed by atoms with Crippen LogP contribution in [-0.4, -0.2) is 44.9 Å². The van der Waals surface area contributed by atoms with E-state index in [-0.39, 0.29) is 0 Å². The first kappa shape index (κ1) is 14.8. The van der Waals surface area contributed by atoms with Crippen molar-refractivity contribution in [2.45, 2.75) is 13.3 Å². The quantitative estimate of drug-likeness (QED) is 0.539. The monoisotopic (exact) mass is 252 g/mol. The van der Waals surface area contributed by atoms with E-state index >= 15 is 0 Å². The molecule has 0 aromatic heterocycles. The van der Waals surface area contributed by atoms with Crippen LogP contribution in [0.3, 0.4) is 0 Å². The van der Waals surface area contributed by atoms with Crippen molar-refractivity contribution in [2.24, 2.45) is 0 Å². The summed E-state index contributed by atoms with van der Waals surface area (Å²) in [6.45, 7) is 6.66. The fraction of sp³-hybridized carbons (Fsp3) is 0.571. The van der Waals surface area contributed by atoms with Crippen molar-refractivity contribution < 1.29 is 9.47 Å². The first-order valence-electron chi connectivity index (χ1n) is 6.46. The van der Waals surface area contributed by atoms with Gasteiger partial charge in [-0.2, -0.15) is 0 Å². The molecule has 0 aliphatic heterocycles. The van der Waals surface area contributed by atoms with Gasteiger partial charge in [0.25, 0.3) is 0 Å². The molecular formula is C14H24N2O2. The summed E-state index contributed by atoms with van der Waals surface area (Å²) in [5.74, 6) is 0.775. The zero-order valence-electron chi connectivity index (χ0n) is 11.4. The maximum absolute atomic E-state index is 5.80. The van der Waals surface area contributed by atoms with Crippen molar-refractivity contribution in [1.29, 1.82) is 0 Å². The predicted octanol–water partition coefficient (Wildman–Crippen LogP) is 2.01.